The number of aromatic nitrogens is 2. The zero-order chi connectivity index (χ0) is 17.4. The molecule has 0 saturated heterocycles. The van der Waals surface area contributed by atoms with Crippen molar-refractivity contribution < 1.29 is 9.21 Å². The molecule has 0 aliphatic carbocycles. The van der Waals surface area contributed by atoms with Crippen LogP contribution in [0.3, 0.4) is 0 Å². The third kappa shape index (κ3) is 5.67. The molecule has 0 bridgehead atoms. The van der Waals surface area contributed by atoms with E-state index < -0.39 is 0 Å². The standard InChI is InChI=1S/C18H25N3O2S/c1-4-5-6-10-14(3)19-16(22)12-24-18-21-20-17(23-18)15-11-8-7-9-13(15)2/h7-9,11,14H,4-6,10,12H2,1-3H3,(H,19,22)/t14-/m1/s1. The largest absolute Gasteiger partial charge is 0.411 e. The summed E-state index contributed by atoms with van der Waals surface area (Å²) in [5, 5.41) is 11.5. The fourth-order valence-electron chi connectivity index (χ4n) is 2.41. The van der Waals surface area contributed by atoms with Crippen LogP contribution >= 0.6 is 11.8 Å². The number of amides is 1. The third-order valence-electron chi connectivity index (χ3n) is 3.76. The predicted molar refractivity (Wildman–Crippen MR) is 96.9 cm³/mol. The molecule has 2 rings (SSSR count). The van der Waals surface area contributed by atoms with Crippen LogP contribution in [0.15, 0.2) is 33.9 Å². The Morgan fingerprint density at radius 1 is 1.29 bits per heavy atom. The van der Waals surface area contributed by atoms with E-state index in [4.69, 9.17) is 4.42 Å². The Labute approximate surface area is 147 Å². The normalized spacial score (nSPS) is 12.1. The zero-order valence-corrected chi connectivity index (χ0v) is 15.4. The first-order chi connectivity index (χ1) is 11.6. The topological polar surface area (TPSA) is 68.0 Å². The maximum absolute atomic E-state index is 12.0. The van der Waals surface area contributed by atoms with Gasteiger partial charge in [0.05, 0.1) is 5.75 Å². The highest BCUT2D eigenvalue weighted by atomic mass is 32.2. The minimum absolute atomic E-state index is 0.000333. The van der Waals surface area contributed by atoms with Crippen molar-refractivity contribution in [2.75, 3.05) is 5.75 Å². The first-order valence-electron chi connectivity index (χ1n) is 8.41. The van der Waals surface area contributed by atoms with Crippen molar-refractivity contribution >= 4 is 17.7 Å². The van der Waals surface area contributed by atoms with E-state index in [1.165, 1.54) is 24.6 Å². The van der Waals surface area contributed by atoms with Crippen LogP contribution in [0.1, 0.15) is 45.1 Å². The molecule has 1 atom stereocenters. The van der Waals surface area contributed by atoms with E-state index in [-0.39, 0.29) is 17.7 Å². The lowest BCUT2D eigenvalue weighted by atomic mass is 10.1. The summed E-state index contributed by atoms with van der Waals surface area (Å²) in [6.45, 7) is 6.22. The first kappa shape index (κ1) is 18.5. The van der Waals surface area contributed by atoms with E-state index >= 15 is 0 Å². The Morgan fingerprint density at radius 2 is 2.08 bits per heavy atom. The quantitative estimate of drug-likeness (QED) is 0.543. The van der Waals surface area contributed by atoms with Crippen LogP contribution < -0.4 is 5.32 Å². The summed E-state index contributed by atoms with van der Waals surface area (Å²) in [5.74, 6) is 0.775. The predicted octanol–water partition coefficient (Wildman–Crippen LogP) is 4.22. The fraction of sp³-hybridized carbons (Fsp3) is 0.500. The summed E-state index contributed by atoms with van der Waals surface area (Å²) in [6.07, 6.45) is 4.56. The number of thioether (sulfide) groups is 1. The summed E-state index contributed by atoms with van der Waals surface area (Å²) in [7, 11) is 0. The molecule has 2 aromatic rings. The van der Waals surface area contributed by atoms with Crippen molar-refractivity contribution in [1.82, 2.24) is 15.5 Å². The molecule has 0 fully saturated rings. The Hall–Kier alpha value is -1.82. The van der Waals surface area contributed by atoms with Crippen LogP contribution in [-0.2, 0) is 4.79 Å². The number of hydrogen-bond acceptors (Lipinski definition) is 5. The number of benzene rings is 1. The molecular weight excluding hydrogens is 322 g/mol. The highest BCUT2D eigenvalue weighted by Gasteiger charge is 2.13. The van der Waals surface area contributed by atoms with Gasteiger partial charge in [0, 0.05) is 11.6 Å². The molecule has 0 aliphatic rings. The van der Waals surface area contributed by atoms with E-state index in [1.807, 2.05) is 38.1 Å². The molecule has 1 aromatic carbocycles. The summed E-state index contributed by atoms with van der Waals surface area (Å²) in [4.78, 5) is 12.0. The van der Waals surface area contributed by atoms with Gasteiger partial charge in [-0.15, -0.1) is 10.2 Å². The number of rotatable bonds is 9. The van der Waals surface area contributed by atoms with Gasteiger partial charge in [0.25, 0.3) is 5.22 Å². The Bertz CT molecular complexity index is 657. The minimum Gasteiger partial charge on any atom is -0.411 e. The molecule has 1 amide bonds. The van der Waals surface area contributed by atoms with E-state index in [0.717, 1.165) is 24.0 Å². The monoisotopic (exact) mass is 347 g/mol. The van der Waals surface area contributed by atoms with Gasteiger partial charge in [-0.1, -0.05) is 56.1 Å². The van der Waals surface area contributed by atoms with Crippen LogP contribution in [0.4, 0.5) is 0 Å². The van der Waals surface area contributed by atoms with Gasteiger partial charge in [-0.3, -0.25) is 4.79 Å². The highest BCUT2D eigenvalue weighted by molar-refractivity contribution is 7.99. The van der Waals surface area contributed by atoms with E-state index in [9.17, 15) is 4.79 Å². The lowest BCUT2D eigenvalue weighted by Gasteiger charge is -2.12. The number of aryl methyl sites for hydroxylation is 1. The van der Waals surface area contributed by atoms with Crippen molar-refractivity contribution in [3.63, 3.8) is 0 Å². The average Bonchev–Trinajstić information content (AvgIpc) is 3.02. The molecule has 0 radical (unpaired) electrons. The molecule has 0 spiro atoms. The summed E-state index contributed by atoms with van der Waals surface area (Å²) >= 11 is 1.27. The van der Waals surface area contributed by atoms with Gasteiger partial charge in [0.1, 0.15) is 0 Å². The first-order valence-corrected chi connectivity index (χ1v) is 9.40. The molecule has 0 unspecified atom stereocenters. The molecular formula is C18H25N3O2S. The Morgan fingerprint density at radius 3 is 2.83 bits per heavy atom. The summed E-state index contributed by atoms with van der Waals surface area (Å²) in [6, 6.07) is 8.06. The smallest absolute Gasteiger partial charge is 0.277 e. The van der Waals surface area contributed by atoms with E-state index in [1.54, 1.807) is 0 Å². The van der Waals surface area contributed by atoms with Crippen molar-refractivity contribution in [3.8, 4) is 11.5 Å². The van der Waals surface area contributed by atoms with Gasteiger partial charge in [-0.2, -0.15) is 0 Å². The second kappa shape index (κ2) is 9.47. The second-order valence-corrected chi connectivity index (χ2v) is 6.87. The van der Waals surface area contributed by atoms with Crippen molar-refractivity contribution in [3.05, 3.63) is 29.8 Å². The van der Waals surface area contributed by atoms with Gasteiger partial charge >= 0.3 is 0 Å². The molecule has 6 heteroatoms. The van der Waals surface area contributed by atoms with Crippen LogP contribution in [-0.4, -0.2) is 27.9 Å². The van der Waals surface area contributed by atoms with Gasteiger partial charge < -0.3 is 9.73 Å². The second-order valence-electron chi connectivity index (χ2n) is 5.94. The SMILES string of the molecule is CCCCC[C@@H](C)NC(=O)CSc1nnc(-c2ccccc2C)o1. The number of hydrogen-bond donors (Lipinski definition) is 1. The van der Waals surface area contributed by atoms with E-state index in [2.05, 4.69) is 22.4 Å². The van der Waals surface area contributed by atoms with Gasteiger partial charge in [-0.05, 0) is 31.9 Å². The lowest BCUT2D eigenvalue weighted by Crippen LogP contribution is -2.33. The zero-order valence-electron chi connectivity index (χ0n) is 14.5. The molecule has 0 aliphatic heterocycles. The Balaban J connectivity index is 1.81. The maximum Gasteiger partial charge on any atom is 0.277 e. The van der Waals surface area contributed by atoms with Crippen LogP contribution in [0.5, 0.6) is 0 Å². The molecule has 1 N–H and O–H groups in total. The number of nitrogens with one attached hydrogen (secondary N) is 1. The number of carbonyl (C=O) groups excluding carboxylic acids is 1. The molecule has 5 nitrogen and oxygen atoms in total. The third-order valence-corrected chi connectivity index (χ3v) is 4.58. The van der Waals surface area contributed by atoms with Crippen molar-refractivity contribution in [1.29, 1.82) is 0 Å². The highest BCUT2D eigenvalue weighted by Crippen LogP contribution is 2.25. The maximum atomic E-state index is 12.0. The lowest BCUT2D eigenvalue weighted by molar-refractivity contribution is -0.119. The average molecular weight is 347 g/mol. The molecule has 0 saturated carbocycles. The molecule has 1 aromatic heterocycles. The van der Waals surface area contributed by atoms with Crippen molar-refractivity contribution in [2.24, 2.45) is 0 Å². The number of nitrogens with zero attached hydrogens (tertiary/aromatic N) is 2. The van der Waals surface area contributed by atoms with E-state index in [0.29, 0.717) is 11.1 Å². The van der Waals surface area contributed by atoms with Crippen LogP contribution in [0.25, 0.3) is 11.5 Å². The summed E-state index contributed by atoms with van der Waals surface area (Å²) < 4.78 is 5.65. The number of unbranched alkanes of at least 4 members (excludes halogenated alkanes) is 2. The minimum atomic E-state index is -0.000333. The van der Waals surface area contributed by atoms with Crippen LogP contribution in [0.2, 0.25) is 0 Å². The fourth-order valence-corrected chi connectivity index (χ4v) is 2.98. The molecule has 24 heavy (non-hydrogen) atoms. The Kier molecular flexibility index (Phi) is 7.31. The molecule has 1 heterocycles. The van der Waals surface area contributed by atoms with Crippen LogP contribution in [0, 0.1) is 6.92 Å². The van der Waals surface area contributed by atoms with Crippen molar-refractivity contribution in [2.45, 2.75) is 57.7 Å². The van der Waals surface area contributed by atoms with Gasteiger partial charge in [0.15, 0.2) is 0 Å². The van der Waals surface area contributed by atoms with Gasteiger partial charge in [-0.25, -0.2) is 0 Å². The molecule has 130 valence electrons. The van der Waals surface area contributed by atoms with Gasteiger partial charge in [0.2, 0.25) is 11.8 Å². The summed E-state index contributed by atoms with van der Waals surface area (Å²) in [5.41, 5.74) is 2.00. The number of carbonyl (C=O) groups is 1.